The summed E-state index contributed by atoms with van der Waals surface area (Å²) in [5, 5.41) is 4.53. The lowest BCUT2D eigenvalue weighted by Crippen LogP contribution is -2.16. The number of benzene rings is 2. The molecule has 0 spiro atoms. The fraction of sp³-hybridized carbons (Fsp3) is 0.273. The van der Waals surface area contributed by atoms with Gasteiger partial charge < -0.3 is 0 Å². The number of hydrogen-bond donors (Lipinski definition) is 1. The molecule has 1 aliphatic carbocycles. The number of nitrogens with zero attached hydrogens (tertiary/aromatic N) is 1. The Hall–Kier alpha value is -1.88. The topological polar surface area (TPSA) is 42.0 Å². The number of hydrogen-bond acceptors (Lipinski definition) is 3. The molecule has 1 aliphatic rings. The standard InChI is InChI=1S/C22H20Cl2N2OS/c1-13(14-6-2-3-7-14)20(15-10-11-16(23)17(24)12-15)21(27)26-22-25-18-8-4-5-9-19(18)28-22/h4-5,8-12,14H,2-3,6-7H2,1H3,(H,25,26,27)/b20-13-. The van der Waals surface area contributed by atoms with Crippen molar-refractivity contribution in [2.45, 2.75) is 32.6 Å². The van der Waals surface area contributed by atoms with Crippen molar-refractivity contribution < 1.29 is 4.79 Å². The highest BCUT2D eigenvalue weighted by Gasteiger charge is 2.24. The molecule has 1 fully saturated rings. The zero-order valence-electron chi connectivity index (χ0n) is 15.5. The van der Waals surface area contributed by atoms with Crippen molar-refractivity contribution in [3.63, 3.8) is 0 Å². The van der Waals surface area contributed by atoms with Crippen molar-refractivity contribution in [3.05, 3.63) is 63.6 Å². The first-order valence-corrected chi connectivity index (χ1v) is 10.9. The number of aromatic nitrogens is 1. The third kappa shape index (κ3) is 3.95. The predicted octanol–water partition coefficient (Wildman–Crippen LogP) is 7.21. The Morgan fingerprint density at radius 3 is 2.57 bits per heavy atom. The van der Waals surface area contributed by atoms with Crippen LogP contribution in [0.4, 0.5) is 5.13 Å². The molecule has 1 aromatic heterocycles. The Labute approximate surface area is 178 Å². The van der Waals surface area contributed by atoms with Gasteiger partial charge in [-0.15, -0.1) is 0 Å². The maximum absolute atomic E-state index is 13.3. The van der Waals surface area contributed by atoms with Gasteiger partial charge in [-0.2, -0.15) is 0 Å². The predicted molar refractivity (Wildman–Crippen MR) is 119 cm³/mol. The van der Waals surface area contributed by atoms with Gasteiger partial charge in [0.1, 0.15) is 0 Å². The lowest BCUT2D eigenvalue weighted by molar-refractivity contribution is -0.111. The molecule has 0 aliphatic heterocycles. The molecule has 1 amide bonds. The third-order valence-corrected chi connectivity index (χ3v) is 7.00. The molecule has 6 heteroatoms. The number of rotatable bonds is 4. The van der Waals surface area contributed by atoms with Crippen molar-refractivity contribution in [3.8, 4) is 0 Å². The molecule has 0 saturated heterocycles. The van der Waals surface area contributed by atoms with Crippen LogP contribution < -0.4 is 5.32 Å². The Kier molecular flexibility index (Phi) is 5.72. The minimum atomic E-state index is -0.151. The van der Waals surface area contributed by atoms with E-state index in [9.17, 15) is 4.79 Å². The van der Waals surface area contributed by atoms with E-state index in [4.69, 9.17) is 23.2 Å². The second kappa shape index (κ2) is 8.24. The van der Waals surface area contributed by atoms with Crippen LogP contribution in [0.25, 0.3) is 15.8 Å². The first-order valence-electron chi connectivity index (χ1n) is 9.36. The van der Waals surface area contributed by atoms with Gasteiger partial charge in [-0.3, -0.25) is 10.1 Å². The number of para-hydroxylation sites is 1. The molecule has 1 N–H and O–H groups in total. The summed E-state index contributed by atoms with van der Waals surface area (Å²) in [6, 6.07) is 13.2. The van der Waals surface area contributed by atoms with Gasteiger partial charge >= 0.3 is 0 Å². The molecule has 3 aromatic rings. The first kappa shape index (κ1) is 19.4. The summed E-state index contributed by atoms with van der Waals surface area (Å²) in [7, 11) is 0. The average Bonchev–Trinajstić information content (AvgIpc) is 3.34. The van der Waals surface area contributed by atoms with Gasteiger partial charge in [-0.25, -0.2) is 4.98 Å². The Bertz CT molecular complexity index is 1030. The molecule has 0 atom stereocenters. The van der Waals surface area contributed by atoms with Crippen LogP contribution >= 0.6 is 34.5 Å². The number of halogens is 2. The number of anilines is 1. The Morgan fingerprint density at radius 1 is 1.11 bits per heavy atom. The van der Waals surface area contributed by atoms with E-state index < -0.39 is 0 Å². The van der Waals surface area contributed by atoms with Gasteiger partial charge in [0, 0.05) is 5.57 Å². The Morgan fingerprint density at radius 2 is 1.86 bits per heavy atom. The average molecular weight is 431 g/mol. The number of carbonyl (C=O) groups excluding carboxylic acids is 1. The van der Waals surface area contributed by atoms with Gasteiger partial charge in [0.05, 0.1) is 20.3 Å². The lowest BCUT2D eigenvalue weighted by Gasteiger charge is -2.17. The SMILES string of the molecule is C/C(=C(/C(=O)Nc1nc2ccccc2s1)c1ccc(Cl)c(Cl)c1)C1CCCC1. The molecule has 0 radical (unpaired) electrons. The van der Waals surface area contributed by atoms with E-state index in [1.165, 1.54) is 24.2 Å². The maximum atomic E-state index is 13.3. The molecule has 3 nitrogen and oxygen atoms in total. The zero-order valence-corrected chi connectivity index (χ0v) is 17.8. The highest BCUT2D eigenvalue weighted by molar-refractivity contribution is 7.22. The van der Waals surface area contributed by atoms with Gasteiger partial charge in [-0.05, 0) is 55.5 Å². The fourth-order valence-electron chi connectivity index (χ4n) is 3.84. The van der Waals surface area contributed by atoms with E-state index in [0.29, 0.717) is 26.7 Å². The van der Waals surface area contributed by atoms with Crippen LogP contribution in [-0.4, -0.2) is 10.9 Å². The van der Waals surface area contributed by atoms with Crippen molar-refractivity contribution in [2.24, 2.45) is 5.92 Å². The molecular formula is C22H20Cl2N2OS. The zero-order chi connectivity index (χ0) is 19.7. The molecule has 4 rings (SSSR count). The maximum Gasteiger partial charge on any atom is 0.258 e. The van der Waals surface area contributed by atoms with Crippen LogP contribution in [0.1, 0.15) is 38.2 Å². The summed E-state index contributed by atoms with van der Waals surface area (Å²) in [4.78, 5) is 17.8. The van der Waals surface area contributed by atoms with Gasteiger partial charge in [0.15, 0.2) is 5.13 Å². The van der Waals surface area contributed by atoms with Crippen LogP contribution in [0.2, 0.25) is 10.0 Å². The van der Waals surface area contributed by atoms with E-state index in [2.05, 4.69) is 17.2 Å². The van der Waals surface area contributed by atoms with Crippen molar-refractivity contribution in [1.82, 2.24) is 4.98 Å². The molecule has 0 bridgehead atoms. The summed E-state index contributed by atoms with van der Waals surface area (Å²) >= 11 is 13.8. The summed E-state index contributed by atoms with van der Waals surface area (Å²) in [6.45, 7) is 2.06. The van der Waals surface area contributed by atoms with E-state index >= 15 is 0 Å². The summed E-state index contributed by atoms with van der Waals surface area (Å²) in [5.74, 6) is 0.271. The highest BCUT2D eigenvalue weighted by atomic mass is 35.5. The third-order valence-electron chi connectivity index (χ3n) is 5.31. The second-order valence-corrected chi connectivity index (χ2v) is 8.95. The molecule has 1 saturated carbocycles. The highest BCUT2D eigenvalue weighted by Crippen LogP contribution is 2.37. The second-order valence-electron chi connectivity index (χ2n) is 7.11. The van der Waals surface area contributed by atoms with Crippen molar-refractivity contribution in [2.75, 3.05) is 5.32 Å². The quantitative estimate of drug-likeness (QED) is 0.444. The number of fused-ring (bicyclic) bond motifs is 1. The smallest absolute Gasteiger partial charge is 0.258 e. The largest absolute Gasteiger partial charge is 0.298 e. The molecule has 2 aromatic carbocycles. The summed E-state index contributed by atoms with van der Waals surface area (Å²) in [5.41, 5.74) is 3.45. The first-order chi connectivity index (χ1) is 13.5. The van der Waals surface area contributed by atoms with Crippen LogP contribution in [0.3, 0.4) is 0 Å². The molecule has 28 heavy (non-hydrogen) atoms. The number of allylic oxidation sites excluding steroid dienone is 1. The molecule has 1 heterocycles. The molecular weight excluding hydrogens is 411 g/mol. The lowest BCUT2D eigenvalue weighted by atomic mass is 9.90. The van der Waals surface area contributed by atoms with Crippen LogP contribution in [0.5, 0.6) is 0 Å². The molecule has 0 unspecified atom stereocenters. The van der Waals surface area contributed by atoms with Gasteiger partial charge in [0.2, 0.25) is 0 Å². The van der Waals surface area contributed by atoms with E-state index in [1.54, 1.807) is 12.1 Å². The van der Waals surface area contributed by atoms with Gasteiger partial charge in [0.25, 0.3) is 5.91 Å². The van der Waals surface area contributed by atoms with E-state index in [1.807, 2.05) is 30.3 Å². The Balaban J connectivity index is 1.72. The minimum Gasteiger partial charge on any atom is -0.298 e. The van der Waals surface area contributed by atoms with Crippen LogP contribution in [0, 0.1) is 5.92 Å². The normalized spacial score (nSPS) is 15.7. The number of carbonyl (C=O) groups is 1. The van der Waals surface area contributed by atoms with Gasteiger partial charge in [-0.1, -0.05) is 71.2 Å². The van der Waals surface area contributed by atoms with Crippen LogP contribution in [0.15, 0.2) is 48.0 Å². The summed E-state index contributed by atoms with van der Waals surface area (Å²) in [6.07, 6.45) is 4.64. The van der Waals surface area contributed by atoms with Crippen molar-refractivity contribution in [1.29, 1.82) is 0 Å². The molecule has 144 valence electrons. The fourth-order valence-corrected chi connectivity index (χ4v) is 5.00. The van der Waals surface area contributed by atoms with E-state index in [-0.39, 0.29) is 5.91 Å². The van der Waals surface area contributed by atoms with Crippen LogP contribution in [-0.2, 0) is 4.79 Å². The van der Waals surface area contributed by atoms with Crippen molar-refractivity contribution >= 4 is 61.4 Å². The number of nitrogens with one attached hydrogen (secondary N) is 1. The minimum absolute atomic E-state index is 0.151. The monoisotopic (exact) mass is 430 g/mol. The van der Waals surface area contributed by atoms with E-state index in [0.717, 1.165) is 34.2 Å². The summed E-state index contributed by atoms with van der Waals surface area (Å²) < 4.78 is 1.05. The number of thiazole rings is 1. The number of amides is 1.